The fraction of sp³-hybridized carbons (Fsp3) is 0.700. The van der Waals surface area contributed by atoms with Crippen LogP contribution >= 0.6 is 22.6 Å². The van der Waals surface area contributed by atoms with Crippen molar-refractivity contribution in [2.75, 3.05) is 6.67 Å². The van der Waals surface area contributed by atoms with Crippen LogP contribution in [0.5, 0.6) is 0 Å². The second kappa shape index (κ2) is 6.42. The van der Waals surface area contributed by atoms with Gasteiger partial charge in [0.05, 0.1) is 34.7 Å². The van der Waals surface area contributed by atoms with E-state index in [1.807, 2.05) is 6.92 Å². The minimum absolute atomic E-state index is 0.231. The average molecular weight is 326 g/mol. The van der Waals surface area contributed by atoms with E-state index < -0.39 is 6.67 Å². The summed E-state index contributed by atoms with van der Waals surface area (Å²) in [6.07, 6.45) is 2.95. The number of ether oxygens (including phenoxy) is 1. The van der Waals surface area contributed by atoms with E-state index in [2.05, 4.69) is 34.6 Å². The smallest absolute Gasteiger partial charge is 0.109 e. The fourth-order valence-electron chi connectivity index (χ4n) is 1.14. The second-order valence-corrected chi connectivity index (χ2v) is 4.54. The van der Waals surface area contributed by atoms with E-state index in [0.717, 1.165) is 15.7 Å². The van der Waals surface area contributed by atoms with Crippen LogP contribution in [0.1, 0.15) is 26.0 Å². The van der Waals surface area contributed by atoms with Crippen molar-refractivity contribution in [3.63, 3.8) is 0 Å². The Kier molecular flexibility index (Phi) is 5.52. The Hall–Kier alpha value is -0.170. The molecule has 0 aliphatic heterocycles. The van der Waals surface area contributed by atoms with Crippen LogP contribution in [0.25, 0.3) is 0 Å². The van der Waals surface area contributed by atoms with E-state index in [1.54, 1.807) is 10.9 Å². The number of rotatable bonds is 6. The Morgan fingerprint density at radius 3 is 3.00 bits per heavy atom. The molecule has 0 aromatic carbocycles. The number of nitrogens with zero attached hydrogens (tertiary/aromatic N) is 2. The lowest BCUT2D eigenvalue weighted by Gasteiger charge is -2.11. The Labute approximate surface area is 103 Å². The molecule has 15 heavy (non-hydrogen) atoms. The van der Waals surface area contributed by atoms with Crippen LogP contribution in [0.15, 0.2) is 6.20 Å². The monoisotopic (exact) mass is 326 g/mol. The highest BCUT2D eigenvalue weighted by molar-refractivity contribution is 14.1. The Morgan fingerprint density at radius 1 is 1.67 bits per heavy atom. The van der Waals surface area contributed by atoms with Gasteiger partial charge in [0.15, 0.2) is 0 Å². The van der Waals surface area contributed by atoms with Crippen molar-refractivity contribution in [2.45, 2.75) is 39.5 Å². The molecule has 3 nitrogen and oxygen atoms in total. The summed E-state index contributed by atoms with van der Waals surface area (Å²) < 4.78 is 20.5. The summed E-state index contributed by atoms with van der Waals surface area (Å²) in [4.78, 5) is 0. The van der Waals surface area contributed by atoms with Gasteiger partial charge in [-0.3, -0.25) is 4.68 Å². The van der Waals surface area contributed by atoms with Crippen molar-refractivity contribution < 1.29 is 9.13 Å². The molecule has 0 bridgehead atoms. The molecule has 5 heteroatoms. The first-order valence-electron chi connectivity index (χ1n) is 5.06. The minimum Gasteiger partial charge on any atom is -0.372 e. The van der Waals surface area contributed by atoms with Crippen molar-refractivity contribution >= 4 is 22.6 Å². The SMILES string of the molecule is CCC(C)OCc1c(I)cnn1CCF. The molecule has 0 spiro atoms. The zero-order chi connectivity index (χ0) is 11.3. The van der Waals surface area contributed by atoms with E-state index in [-0.39, 0.29) is 6.10 Å². The number of halogens is 2. The maximum absolute atomic E-state index is 12.2. The standard InChI is InChI=1S/C10H16FIN2O/c1-3-8(2)15-7-10-9(12)6-13-14(10)5-4-11/h6,8H,3-5,7H2,1-2H3. The molecule has 1 unspecified atom stereocenters. The van der Waals surface area contributed by atoms with Crippen molar-refractivity contribution in [1.29, 1.82) is 0 Å². The third-order valence-electron chi connectivity index (χ3n) is 2.27. The lowest BCUT2D eigenvalue weighted by molar-refractivity contribution is 0.0461. The molecule has 0 aliphatic rings. The van der Waals surface area contributed by atoms with Crippen LogP contribution < -0.4 is 0 Å². The summed E-state index contributed by atoms with van der Waals surface area (Å²) in [7, 11) is 0. The first-order chi connectivity index (χ1) is 7.19. The highest BCUT2D eigenvalue weighted by Crippen LogP contribution is 2.14. The van der Waals surface area contributed by atoms with Crippen LogP contribution in [-0.2, 0) is 17.9 Å². The largest absolute Gasteiger partial charge is 0.372 e. The third-order valence-corrected chi connectivity index (χ3v) is 3.17. The van der Waals surface area contributed by atoms with Gasteiger partial charge in [0, 0.05) is 0 Å². The van der Waals surface area contributed by atoms with E-state index in [1.165, 1.54) is 0 Å². The van der Waals surface area contributed by atoms with Gasteiger partial charge in [-0.15, -0.1) is 0 Å². The maximum atomic E-state index is 12.2. The molecule has 86 valence electrons. The lowest BCUT2D eigenvalue weighted by atomic mass is 10.3. The van der Waals surface area contributed by atoms with Gasteiger partial charge in [0.2, 0.25) is 0 Å². The Bertz CT molecular complexity index is 304. The van der Waals surface area contributed by atoms with Gasteiger partial charge in [-0.25, -0.2) is 4.39 Å². The molecule has 0 saturated carbocycles. The molecule has 1 heterocycles. The topological polar surface area (TPSA) is 27.1 Å². The Morgan fingerprint density at radius 2 is 2.40 bits per heavy atom. The van der Waals surface area contributed by atoms with Crippen molar-refractivity contribution in [3.8, 4) is 0 Å². The summed E-state index contributed by atoms with van der Waals surface area (Å²) in [5, 5.41) is 4.10. The van der Waals surface area contributed by atoms with Crippen LogP contribution in [0, 0.1) is 3.57 Å². The predicted octanol–water partition coefficient (Wildman–Crippen LogP) is 2.77. The molecular formula is C10H16FIN2O. The summed E-state index contributed by atoms with van der Waals surface area (Å²) in [6, 6.07) is 0. The molecule has 0 amide bonds. The van der Waals surface area contributed by atoms with Gasteiger partial charge in [0.25, 0.3) is 0 Å². The minimum atomic E-state index is -0.395. The zero-order valence-electron chi connectivity index (χ0n) is 9.04. The molecule has 0 aliphatic carbocycles. The van der Waals surface area contributed by atoms with Gasteiger partial charge in [0.1, 0.15) is 6.67 Å². The number of alkyl halides is 1. The van der Waals surface area contributed by atoms with Gasteiger partial charge in [-0.2, -0.15) is 5.10 Å². The van der Waals surface area contributed by atoms with Crippen molar-refractivity contribution in [1.82, 2.24) is 9.78 Å². The second-order valence-electron chi connectivity index (χ2n) is 3.38. The number of aromatic nitrogens is 2. The normalized spacial score (nSPS) is 13.1. The van der Waals surface area contributed by atoms with E-state index in [9.17, 15) is 4.39 Å². The average Bonchev–Trinajstić information content (AvgIpc) is 2.57. The highest BCUT2D eigenvalue weighted by atomic mass is 127. The van der Waals surface area contributed by atoms with Gasteiger partial charge >= 0.3 is 0 Å². The fourth-order valence-corrected chi connectivity index (χ4v) is 1.70. The summed E-state index contributed by atoms with van der Waals surface area (Å²) in [5.41, 5.74) is 0.966. The molecule has 1 aromatic rings. The number of hydrogen-bond donors (Lipinski definition) is 0. The molecule has 0 radical (unpaired) electrons. The van der Waals surface area contributed by atoms with E-state index in [0.29, 0.717) is 13.2 Å². The van der Waals surface area contributed by atoms with E-state index >= 15 is 0 Å². The lowest BCUT2D eigenvalue weighted by Crippen LogP contribution is -2.12. The summed E-state index contributed by atoms with van der Waals surface area (Å²) >= 11 is 2.19. The van der Waals surface area contributed by atoms with Gasteiger partial charge < -0.3 is 4.74 Å². The zero-order valence-corrected chi connectivity index (χ0v) is 11.2. The van der Waals surface area contributed by atoms with Crippen LogP contribution in [-0.4, -0.2) is 22.6 Å². The summed E-state index contributed by atoms with van der Waals surface area (Å²) in [5.74, 6) is 0. The Balaban J connectivity index is 2.61. The quantitative estimate of drug-likeness (QED) is 0.752. The van der Waals surface area contributed by atoms with Crippen LogP contribution in [0.3, 0.4) is 0 Å². The molecule has 1 atom stereocenters. The molecule has 0 N–H and O–H groups in total. The molecule has 0 saturated heterocycles. The van der Waals surface area contributed by atoms with Gasteiger partial charge in [-0.1, -0.05) is 6.92 Å². The third kappa shape index (κ3) is 3.71. The summed E-state index contributed by atoms with van der Waals surface area (Å²) in [6.45, 7) is 4.53. The maximum Gasteiger partial charge on any atom is 0.109 e. The molecule has 1 aromatic heterocycles. The molecular weight excluding hydrogens is 310 g/mol. The van der Waals surface area contributed by atoms with Crippen molar-refractivity contribution in [3.05, 3.63) is 15.5 Å². The highest BCUT2D eigenvalue weighted by Gasteiger charge is 2.09. The van der Waals surface area contributed by atoms with Crippen LogP contribution in [0.2, 0.25) is 0 Å². The number of hydrogen-bond acceptors (Lipinski definition) is 2. The van der Waals surface area contributed by atoms with Crippen molar-refractivity contribution in [2.24, 2.45) is 0 Å². The first-order valence-corrected chi connectivity index (χ1v) is 6.14. The first kappa shape index (κ1) is 12.9. The van der Waals surface area contributed by atoms with E-state index in [4.69, 9.17) is 4.74 Å². The molecule has 0 fully saturated rings. The predicted molar refractivity (Wildman–Crippen MR) is 65.5 cm³/mol. The molecule has 1 rings (SSSR count). The van der Waals surface area contributed by atoms with Crippen LogP contribution in [0.4, 0.5) is 4.39 Å². The van der Waals surface area contributed by atoms with Gasteiger partial charge in [-0.05, 0) is 35.9 Å². The number of aryl methyl sites for hydroxylation is 1.